The van der Waals surface area contributed by atoms with Gasteiger partial charge >= 0.3 is 5.97 Å². The molecule has 104 valence electrons. The molecule has 1 aliphatic rings. The Morgan fingerprint density at radius 3 is 2.84 bits per heavy atom. The number of pyridine rings is 1. The Bertz CT molecular complexity index is 472. The van der Waals surface area contributed by atoms with Gasteiger partial charge in [0.05, 0.1) is 19.9 Å². The highest BCUT2D eigenvalue weighted by atomic mass is 19.1. The van der Waals surface area contributed by atoms with Crippen molar-refractivity contribution in [3.05, 3.63) is 23.1 Å². The van der Waals surface area contributed by atoms with Crippen molar-refractivity contribution in [3.63, 3.8) is 0 Å². The summed E-state index contributed by atoms with van der Waals surface area (Å²) in [7, 11) is 1.53. The number of carbonyl (C=O) groups excluding carboxylic acids is 1. The monoisotopic (exact) mass is 267 g/mol. The summed E-state index contributed by atoms with van der Waals surface area (Å²) < 4.78 is 24.0. The average Bonchev–Trinajstić information content (AvgIpc) is 3.21. The van der Waals surface area contributed by atoms with Crippen molar-refractivity contribution in [2.75, 3.05) is 13.7 Å². The number of hydrogen-bond acceptors (Lipinski definition) is 4. The maximum absolute atomic E-state index is 13.9. The van der Waals surface area contributed by atoms with E-state index in [2.05, 4.69) is 4.98 Å². The van der Waals surface area contributed by atoms with Crippen LogP contribution in [0.2, 0.25) is 0 Å². The van der Waals surface area contributed by atoms with Gasteiger partial charge in [0.25, 0.3) is 0 Å². The van der Waals surface area contributed by atoms with Gasteiger partial charge in [-0.25, -0.2) is 9.37 Å². The molecule has 1 heterocycles. The predicted octanol–water partition coefficient (Wildman–Crippen LogP) is 2.60. The maximum atomic E-state index is 13.9. The molecule has 0 spiro atoms. The highest BCUT2D eigenvalue weighted by Crippen LogP contribution is 2.46. The molecule has 0 aromatic carbocycles. The first-order chi connectivity index (χ1) is 9.17. The Hall–Kier alpha value is -1.65. The van der Waals surface area contributed by atoms with Gasteiger partial charge in [-0.05, 0) is 37.7 Å². The van der Waals surface area contributed by atoms with Crippen LogP contribution in [-0.2, 0) is 16.0 Å². The zero-order chi connectivity index (χ0) is 13.8. The quantitative estimate of drug-likeness (QED) is 0.743. The van der Waals surface area contributed by atoms with Crippen molar-refractivity contribution in [1.29, 1.82) is 0 Å². The van der Waals surface area contributed by atoms with Crippen LogP contribution in [0, 0.1) is 5.82 Å². The Morgan fingerprint density at radius 1 is 1.53 bits per heavy atom. The van der Waals surface area contributed by atoms with Crippen molar-refractivity contribution < 1.29 is 18.7 Å². The molecule has 0 atom stereocenters. The van der Waals surface area contributed by atoms with Gasteiger partial charge in [-0.15, -0.1) is 0 Å². The van der Waals surface area contributed by atoms with E-state index in [1.165, 1.54) is 7.11 Å². The number of rotatable bonds is 6. The SMILES string of the molecule is CCOC(=O)CCc1c(F)cnc(OC)c1C1CC1. The van der Waals surface area contributed by atoms with Gasteiger partial charge in [0.1, 0.15) is 5.82 Å². The molecule has 1 aromatic heterocycles. The lowest BCUT2D eigenvalue weighted by Crippen LogP contribution is -2.09. The number of esters is 1. The lowest BCUT2D eigenvalue weighted by atomic mass is 10.0. The second-order valence-electron chi connectivity index (χ2n) is 4.59. The summed E-state index contributed by atoms with van der Waals surface area (Å²) in [6.45, 7) is 2.10. The molecular weight excluding hydrogens is 249 g/mol. The first-order valence-electron chi connectivity index (χ1n) is 6.54. The standard InChI is InChI=1S/C14H18FNO3/c1-3-19-12(17)7-6-10-11(15)8-16-14(18-2)13(10)9-4-5-9/h8-9H,3-7H2,1-2H3. The highest BCUT2D eigenvalue weighted by molar-refractivity contribution is 5.69. The molecule has 1 fully saturated rings. The number of halogens is 1. The number of aromatic nitrogens is 1. The van der Waals surface area contributed by atoms with Crippen LogP contribution in [0.25, 0.3) is 0 Å². The molecule has 0 N–H and O–H groups in total. The fraction of sp³-hybridized carbons (Fsp3) is 0.571. The number of ether oxygens (including phenoxy) is 2. The average molecular weight is 267 g/mol. The van der Waals surface area contributed by atoms with Gasteiger partial charge in [-0.1, -0.05) is 0 Å². The van der Waals surface area contributed by atoms with Crippen molar-refractivity contribution in [3.8, 4) is 5.88 Å². The summed E-state index contributed by atoms with van der Waals surface area (Å²) >= 11 is 0. The van der Waals surface area contributed by atoms with Crippen LogP contribution >= 0.6 is 0 Å². The first kappa shape index (κ1) is 13.8. The van der Waals surface area contributed by atoms with Gasteiger partial charge < -0.3 is 9.47 Å². The Kier molecular flexibility index (Phi) is 4.35. The number of hydrogen-bond donors (Lipinski definition) is 0. The smallest absolute Gasteiger partial charge is 0.306 e. The van der Waals surface area contributed by atoms with Crippen LogP contribution in [0.3, 0.4) is 0 Å². The third kappa shape index (κ3) is 3.22. The molecule has 19 heavy (non-hydrogen) atoms. The van der Waals surface area contributed by atoms with E-state index in [-0.39, 0.29) is 18.2 Å². The Balaban J connectivity index is 2.20. The Labute approximate surface area is 111 Å². The molecule has 0 radical (unpaired) electrons. The predicted molar refractivity (Wildman–Crippen MR) is 67.7 cm³/mol. The fourth-order valence-corrected chi connectivity index (χ4v) is 2.19. The molecule has 5 heteroatoms. The van der Waals surface area contributed by atoms with E-state index in [1.54, 1.807) is 6.92 Å². The Morgan fingerprint density at radius 2 is 2.26 bits per heavy atom. The molecule has 1 saturated carbocycles. The summed E-state index contributed by atoms with van der Waals surface area (Å²) in [5, 5.41) is 0. The lowest BCUT2D eigenvalue weighted by Gasteiger charge is -2.13. The van der Waals surface area contributed by atoms with Crippen LogP contribution in [0.15, 0.2) is 6.20 Å². The molecule has 1 aromatic rings. The maximum Gasteiger partial charge on any atom is 0.306 e. The van der Waals surface area contributed by atoms with E-state index in [0.29, 0.717) is 30.4 Å². The van der Waals surface area contributed by atoms with Crippen molar-refractivity contribution >= 4 is 5.97 Å². The van der Waals surface area contributed by atoms with E-state index in [4.69, 9.17) is 9.47 Å². The van der Waals surface area contributed by atoms with Crippen LogP contribution in [0.1, 0.15) is 43.2 Å². The molecule has 0 saturated heterocycles. The molecule has 4 nitrogen and oxygen atoms in total. The van der Waals surface area contributed by atoms with Gasteiger partial charge in [0.15, 0.2) is 0 Å². The van der Waals surface area contributed by atoms with E-state index >= 15 is 0 Å². The summed E-state index contributed by atoms with van der Waals surface area (Å²) in [6.07, 6.45) is 3.71. The van der Waals surface area contributed by atoms with Gasteiger partial charge in [0, 0.05) is 12.0 Å². The topological polar surface area (TPSA) is 48.4 Å². The summed E-state index contributed by atoms with van der Waals surface area (Å²) in [4.78, 5) is 15.4. The van der Waals surface area contributed by atoms with Crippen LogP contribution < -0.4 is 4.74 Å². The van der Waals surface area contributed by atoms with E-state index < -0.39 is 0 Å². The minimum Gasteiger partial charge on any atom is -0.481 e. The van der Waals surface area contributed by atoms with Gasteiger partial charge in [0.2, 0.25) is 5.88 Å². The normalized spacial score (nSPS) is 14.3. The molecule has 0 bridgehead atoms. The zero-order valence-electron chi connectivity index (χ0n) is 11.2. The largest absolute Gasteiger partial charge is 0.481 e. The fourth-order valence-electron chi connectivity index (χ4n) is 2.19. The van der Waals surface area contributed by atoms with E-state index in [9.17, 15) is 9.18 Å². The molecule has 0 amide bonds. The molecule has 0 aliphatic heterocycles. The molecular formula is C14H18FNO3. The van der Waals surface area contributed by atoms with Crippen LogP contribution in [0.5, 0.6) is 5.88 Å². The zero-order valence-corrected chi connectivity index (χ0v) is 11.2. The van der Waals surface area contributed by atoms with Crippen LogP contribution in [0.4, 0.5) is 4.39 Å². The summed E-state index contributed by atoms with van der Waals surface area (Å²) in [5.74, 6) is 0.115. The highest BCUT2D eigenvalue weighted by Gasteiger charge is 2.31. The third-order valence-corrected chi connectivity index (χ3v) is 3.20. The van der Waals surface area contributed by atoms with Gasteiger partial charge in [-0.3, -0.25) is 4.79 Å². The minimum atomic E-state index is -0.369. The minimum absolute atomic E-state index is 0.178. The number of methoxy groups -OCH3 is 1. The van der Waals surface area contributed by atoms with Gasteiger partial charge in [-0.2, -0.15) is 0 Å². The lowest BCUT2D eigenvalue weighted by molar-refractivity contribution is -0.143. The number of nitrogens with zero attached hydrogens (tertiary/aromatic N) is 1. The molecule has 2 rings (SSSR count). The summed E-state index contributed by atoms with van der Waals surface area (Å²) in [5.41, 5.74) is 1.37. The third-order valence-electron chi connectivity index (χ3n) is 3.20. The summed E-state index contributed by atoms with van der Waals surface area (Å²) in [6, 6.07) is 0. The van der Waals surface area contributed by atoms with Crippen molar-refractivity contribution in [1.82, 2.24) is 4.98 Å². The second kappa shape index (κ2) is 5.99. The molecule has 1 aliphatic carbocycles. The molecule has 0 unspecified atom stereocenters. The van der Waals surface area contributed by atoms with E-state index in [1.807, 2.05) is 0 Å². The first-order valence-corrected chi connectivity index (χ1v) is 6.54. The van der Waals surface area contributed by atoms with Crippen molar-refractivity contribution in [2.24, 2.45) is 0 Å². The van der Waals surface area contributed by atoms with E-state index in [0.717, 1.165) is 24.6 Å². The number of carbonyl (C=O) groups is 1. The second-order valence-corrected chi connectivity index (χ2v) is 4.59. The van der Waals surface area contributed by atoms with Crippen LogP contribution in [-0.4, -0.2) is 24.7 Å². The van der Waals surface area contributed by atoms with Crippen molar-refractivity contribution in [2.45, 2.75) is 38.5 Å².